The summed E-state index contributed by atoms with van der Waals surface area (Å²) in [5.74, 6) is -1.80. The summed E-state index contributed by atoms with van der Waals surface area (Å²) in [4.78, 5) is 34.7. The fourth-order valence-corrected chi connectivity index (χ4v) is 2.89. The van der Waals surface area contributed by atoms with Gasteiger partial charge in [-0.3, -0.25) is 14.4 Å². The van der Waals surface area contributed by atoms with E-state index >= 15 is 0 Å². The van der Waals surface area contributed by atoms with Crippen molar-refractivity contribution in [2.24, 2.45) is 5.92 Å². The van der Waals surface area contributed by atoms with E-state index in [0.717, 1.165) is 12.0 Å². The zero-order valence-corrected chi connectivity index (χ0v) is 14.4. The smallest absolute Gasteiger partial charge is 0.305 e. The number of anilines is 1. The Morgan fingerprint density at radius 1 is 1.04 bits per heavy atom. The number of hydrogen-bond donors (Lipinski definition) is 3. The average molecular weight is 370 g/mol. The molecule has 2 unspecified atom stereocenters. The molecule has 2 atom stereocenters. The molecule has 0 bridgehead atoms. The molecule has 2 aromatic carbocycles. The number of carboxylic acids is 1. The number of halogens is 1. The fourth-order valence-electron chi connectivity index (χ4n) is 2.89. The fraction of sp³-hybridized carbons (Fsp3) is 0.250. The summed E-state index contributed by atoms with van der Waals surface area (Å²) in [5.41, 5.74) is 1.91. The first-order valence-corrected chi connectivity index (χ1v) is 8.60. The van der Waals surface area contributed by atoms with Crippen LogP contribution in [-0.4, -0.2) is 29.4 Å². The Labute approximate surface area is 155 Å². The Bertz CT molecular complexity index is 849. The van der Waals surface area contributed by atoms with Crippen molar-refractivity contribution >= 4 is 23.5 Å². The molecular weight excluding hydrogens is 351 g/mol. The molecule has 6 nitrogen and oxygen atoms in total. The van der Waals surface area contributed by atoms with Gasteiger partial charge in [-0.15, -0.1) is 0 Å². The van der Waals surface area contributed by atoms with E-state index in [4.69, 9.17) is 5.11 Å². The second kappa shape index (κ2) is 7.99. The molecule has 2 aromatic rings. The van der Waals surface area contributed by atoms with Gasteiger partial charge >= 0.3 is 5.97 Å². The predicted octanol–water partition coefficient (Wildman–Crippen LogP) is 2.77. The summed E-state index contributed by atoms with van der Waals surface area (Å²) >= 11 is 0. The van der Waals surface area contributed by atoms with E-state index in [2.05, 4.69) is 10.6 Å². The number of rotatable bonds is 7. The quantitative estimate of drug-likeness (QED) is 0.698. The third kappa shape index (κ3) is 4.91. The molecule has 27 heavy (non-hydrogen) atoms. The first kappa shape index (κ1) is 18.6. The van der Waals surface area contributed by atoms with Gasteiger partial charge in [0.05, 0.1) is 6.42 Å². The lowest BCUT2D eigenvalue weighted by Gasteiger charge is -2.07. The first-order valence-electron chi connectivity index (χ1n) is 8.60. The van der Waals surface area contributed by atoms with E-state index in [1.54, 1.807) is 36.4 Å². The van der Waals surface area contributed by atoms with E-state index in [-0.39, 0.29) is 42.4 Å². The van der Waals surface area contributed by atoms with E-state index in [1.807, 2.05) is 0 Å². The van der Waals surface area contributed by atoms with Crippen molar-refractivity contribution in [2.75, 3.05) is 11.9 Å². The zero-order chi connectivity index (χ0) is 19.4. The molecule has 0 heterocycles. The zero-order valence-electron chi connectivity index (χ0n) is 14.4. The molecular formula is C20H19FN2O4. The van der Waals surface area contributed by atoms with E-state index < -0.39 is 5.97 Å². The number of aliphatic carboxylic acids is 1. The Hall–Kier alpha value is -3.22. The SMILES string of the molecule is O=C(O)CCNC(=O)c1ccc(NC(=O)C2CC2c2ccc(F)cc2)cc1. The van der Waals surface area contributed by atoms with Gasteiger partial charge in [0.15, 0.2) is 0 Å². The van der Waals surface area contributed by atoms with Crippen molar-refractivity contribution in [3.63, 3.8) is 0 Å². The van der Waals surface area contributed by atoms with E-state index in [9.17, 15) is 18.8 Å². The van der Waals surface area contributed by atoms with Crippen LogP contribution >= 0.6 is 0 Å². The monoisotopic (exact) mass is 370 g/mol. The number of amides is 2. The molecule has 0 aliphatic heterocycles. The van der Waals surface area contributed by atoms with Crippen molar-refractivity contribution in [2.45, 2.75) is 18.8 Å². The van der Waals surface area contributed by atoms with Crippen molar-refractivity contribution in [3.8, 4) is 0 Å². The van der Waals surface area contributed by atoms with Crippen LogP contribution in [0.15, 0.2) is 48.5 Å². The minimum atomic E-state index is -0.979. The van der Waals surface area contributed by atoms with Crippen LogP contribution in [0.25, 0.3) is 0 Å². The summed E-state index contributed by atoms with van der Waals surface area (Å²) in [6.07, 6.45) is 0.581. The minimum absolute atomic E-state index is 0.0547. The number of carbonyl (C=O) groups excluding carboxylic acids is 2. The lowest BCUT2D eigenvalue weighted by Crippen LogP contribution is -2.26. The molecule has 0 spiro atoms. The second-order valence-electron chi connectivity index (χ2n) is 6.47. The maximum atomic E-state index is 13.0. The van der Waals surface area contributed by atoms with Crippen molar-refractivity contribution < 1.29 is 23.9 Å². The molecule has 3 N–H and O–H groups in total. The molecule has 140 valence electrons. The van der Waals surface area contributed by atoms with Crippen LogP contribution in [0.5, 0.6) is 0 Å². The normalized spacial score (nSPS) is 17.8. The topological polar surface area (TPSA) is 95.5 Å². The van der Waals surface area contributed by atoms with Crippen LogP contribution < -0.4 is 10.6 Å². The molecule has 0 aromatic heterocycles. The number of carbonyl (C=O) groups is 3. The van der Waals surface area contributed by atoms with Crippen molar-refractivity contribution in [1.29, 1.82) is 0 Å². The van der Waals surface area contributed by atoms with Crippen LogP contribution in [0.2, 0.25) is 0 Å². The summed E-state index contributed by atoms with van der Waals surface area (Å²) in [6.45, 7) is 0.0547. The van der Waals surface area contributed by atoms with Gasteiger partial charge in [0.25, 0.3) is 5.91 Å². The van der Waals surface area contributed by atoms with Gasteiger partial charge in [-0.1, -0.05) is 12.1 Å². The van der Waals surface area contributed by atoms with Crippen molar-refractivity contribution in [1.82, 2.24) is 5.32 Å². The highest BCUT2D eigenvalue weighted by Gasteiger charge is 2.43. The van der Waals surface area contributed by atoms with Crippen LogP contribution in [-0.2, 0) is 9.59 Å². The number of carboxylic acid groups (broad SMARTS) is 1. The van der Waals surface area contributed by atoms with Crippen LogP contribution in [0.1, 0.15) is 34.7 Å². The van der Waals surface area contributed by atoms with Crippen LogP contribution in [0, 0.1) is 11.7 Å². The van der Waals surface area contributed by atoms with Gasteiger partial charge in [-0.25, -0.2) is 4.39 Å². The molecule has 0 saturated heterocycles. The summed E-state index contributed by atoms with van der Waals surface area (Å²) in [5, 5.41) is 13.9. The first-order chi connectivity index (χ1) is 12.9. The van der Waals surface area contributed by atoms with Gasteiger partial charge in [-0.2, -0.15) is 0 Å². The molecule has 7 heteroatoms. The van der Waals surface area contributed by atoms with Crippen molar-refractivity contribution in [3.05, 3.63) is 65.5 Å². The second-order valence-corrected chi connectivity index (χ2v) is 6.47. The predicted molar refractivity (Wildman–Crippen MR) is 96.9 cm³/mol. The lowest BCUT2D eigenvalue weighted by molar-refractivity contribution is -0.136. The van der Waals surface area contributed by atoms with Crippen LogP contribution in [0.4, 0.5) is 10.1 Å². The summed E-state index contributed by atoms with van der Waals surface area (Å²) < 4.78 is 13.0. The van der Waals surface area contributed by atoms with E-state index in [0.29, 0.717) is 11.3 Å². The molecule has 1 aliphatic rings. The highest BCUT2D eigenvalue weighted by atomic mass is 19.1. The van der Waals surface area contributed by atoms with E-state index in [1.165, 1.54) is 12.1 Å². The number of hydrogen-bond acceptors (Lipinski definition) is 3. The lowest BCUT2D eigenvalue weighted by atomic mass is 10.1. The Kier molecular flexibility index (Phi) is 5.49. The molecule has 1 aliphatic carbocycles. The standard InChI is InChI=1S/C20H19FN2O4/c21-14-5-1-12(2-6-14)16-11-17(16)20(27)23-15-7-3-13(4-8-15)19(26)22-10-9-18(24)25/h1-8,16-17H,9-11H2,(H,22,26)(H,23,27)(H,24,25). The maximum absolute atomic E-state index is 13.0. The van der Waals surface area contributed by atoms with Gasteiger partial charge in [0.2, 0.25) is 5.91 Å². The van der Waals surface area contributed by atoms with Gasteiger partial charge in [0.1, 0.15) is 5.82 Å². The Balaban J connectivity index is 1.51. The Morgan fingerprint density at radius 3 is 2.33 bits per heavy atom. The van der Waals surface area contributed by atoms with Gasteiger partial charge in [-0.05, 0) is 54.3 Å². The highest BCUT2D eigenvalue weighted by Crippen LogP contribution is 2.47. The minimum Gasteiger partial charge on any atom is -0.481 e. The maximum Gasteiger partial charge on any atom is 0.305 e. The molecule has 0 radical (unpaired) electrons. The molecule has 2 amide bonds. The highest BCUT2D eigenvalue weighted by molar-refractivity contribution is 5.97. The summed E-state index contributed by atoms with van der Waals surface area (Å²) in [6, 6.07) is 12.6. The van der Waals surface area contributed by atoms with Crippen LogP contribution in [0.3, 0.4) is 0 Å². The molecule has 3 rings (SSSR count). The number of nitrogens with one attached hydrogen (secondary N) is 2. The largest absolute Gasteiger partial charge is 0.481 e. The third-order valence-electron chi connectivity index (χ3n) is 4.46. The third-order valence-corrected chi connectivity index (χ3v) is 4.46. The molecule has 1 fully saturated rings. The average Bonchev–Trinajstić information content (AvgIpc) is 3.43. The van der Waals surface area contributed by atoms with Gasteiger partial charge < -0.3 is 15.7 Å². The van der Waals surface area contributed by atoms with Gasteiger partial charge in [0, 0.05) is 23.7 Å². The number of benzene rings is 2. The molecule has 1 saturated carbocycles. The Morgan fingerprint density at radius 2 is 1.70 bits per heavy atom. The summed E-state index contributed by atoms with van der Waals surface area (Å²) in [7, 11) is 0.